The van der Waals surface area contributed by atoms with Crippen molar-refractivity contribution in [3.05, 3.63) is 67.6 Å². The van der Waals surface area contributed by atoms with Crippen molar-refractivity contribution in [3.8, 4) is 0 Å². The Labute approximate surface area is 144 Å². The Balaban J connectivity index is 2.35. The quantitative estimate of drug-likeness (QED) is 0.668. The molecule has 0 heterocycles. The minimum Gasteiger partial charge on any atom is -0.310 e. The molecule has 0 spiro atoms. The van der Waals surface area contributed by atoms with Gasteiger partial charge in [-0.3, -0.25) is 0 Å². The van der Waals surface area contributed by atoms with E-state index in [9.17, 15) is 0 Å². The van der Waals surface area contributed by atoms with Gasteiger partial charge in [-0.1, -0.05) is 58.2 Å². The van der Waals surface area contributed by atoms with E-state index in [1.807, 2.05) is 18.2 Å². The molecule has 0 bridgehead atoms. The van der Waals surface area contributed by atoms with Gasteiger partial charge in [-0.2, -0.15) is 0 Å². The van der Waals surface area contributed by atoms with E-state index in [-0.39, 0.29) is 6.04 Å². The van der Waals surface area contributed by atoms with Crippen LogP contribution in [0.5, 0.6) is 0 Å². The third-order valence-corrected chi connectivity index (χ3v) is 5.03. The molecule has 0 fully saturated rings. The highest BCUT2D eigenvalue weighted by atomic mass is 79.9. The van der Waals surface area contributed by atoms with E-state index in [0.717, 1.165) is 33.0 Å². The fraction of sp³-hybridized carbons (Fsp3) is 0.294. The molecule has 112 valence electrons. The number of benzene rings is 2. The van der Waals surface area contributed by atoms with Crippen LogP contribution in [0.25, 0.3) is 0 Å². The standard InChI is InChI=1S/C17H18BrCl2N/c1-3-21-17(14-5-4-6-15(18)11(14)2)10-12-9-13(19)7-8-16(12)20/h4-9,17,21H,3,10H2,1-2H3. The topological polar surface area (TPSA) is 12.0 Å². The van der Waals surface area contributed by atoms with E-state index in [2.05, 4.69) is 53.3 Å². The third-order valence-electron chi connectivity index (χ3n) is 3.57. The molecule has 0 saturated heterocycles. The minimum atomic E-state index is 0.212. The van der Waals surface area contributed by atoms with E-state index < -0.39 is 0 Å². The molecule has 21 heavy (non-hydrogen) atoms. The molecule has 0 radical (unpaired) electrons. The summed E-state index contributed by atoms with van der Waals surface area (Å²) in [5.74, 6) is 0. The van der Waals surface area contributed by atoms with Gasteiger partial charge in [-0.05, 0) is 60.8 Å². The SMILES string of the molecule is CCNC(Cc1cc(Cl)ccc1Cl)c1cccc(Br)c1C. The van der Waals surface area contributed by atoms with Gasteiger partial charge < -0.3 is 5.32 Å². The van der Waals surface area contributed by atoms with Crippen LogP contribution >= 0.6 is 39.1 Å². The Kier molecular flexibility index (Phi) is 6.12. The summed E-state index contributed by atoms with van der Waals surface area (Å²) in [6.45, 7) is 5.14. The molecule has 0 aliphatic heterocycles. The van der Waals surface area contributed by atoms with Crippen molar-refractivity contribution in [1.82, 2.24) is 5.32 Å². The summed E-state index contributed by atoms with van der Waals surface area (Å²) in [7, 11) is 0. The van der Waals surface area contributed by atoms with Crippen molar-refractivity contribution < 1.29 is 0 Å². The molecule has 0 aliphatic carbocycles. The number of halogens is 3. The molecule has 1 nitrogen and oxygen atoms in total. The predicted molar refractivity (Wildman–Crippen MR) is 95.5 cm³/mol. The van der Waals surface area contributed by atoms with E-state index in [1.165, 1.54) is 11.1 Å². The first kappa shape index (κ1) is 16.8. The third kappa shape index (κ3) is 4.23. The zero-order chi connectivity index (χ0) is 15.4. The Hall–Kier alpha value is -0.540. The second-order valence-corrected chi connectivity index (χ2v) is 6.70. The number of likely N-dealkylation sites (N-methyl/N-ethyl adjacent to an activating group) is 1. The second-order valence-electron chi connectivity index (χ2n) is 5.00. The van der Waals surface area contributed by atoms with Crippen LogP contribution in [0.2, 0.25) is 10.0 Å². The number of nitrogens with one attached hydrogen (secondary N) is 1. The maximum absolute atomic E-state index is 6.30. The average molecular weight is 387 g/mol. The molecular weight excluding hydrogens is 369 g/mol. The zero-order valence-corrected chi connectivity index (χ0v) is 15.2. The van der Waals surface area contributed by atoms with E-state index >= 15 is 0 Å². The highest BCUT2D eigenvalue weighted by Gasteiger charge is 2.16. The van der Waals surface area contributed by atoms with Crippen LogP contribution in [0.3, 0.4) is 0 Å². The minimum absolute atomic E-state index is 0.212. The van der Waals surface area contributed by atoms with Crippen molar-refractivity contribution >= 4 is 39.1 Å². The number of hydrogen-bond acceptors (Lipinski definition) is 1. The van der Waals surface area contributed by atoms with Gasteiger partial charge in [-0.25, -0.2) is 0 Å². The fourth-order valence-electron chi connectivity index (χ4n) is 2.46. The van der Waals surface area contributed by atoms with Gasteiger partial charge in [-0.15, -0.1) is 0 Å². The maximum atomic E-state index is 6.30. The molecule has 0 saturated carbocycles. The predicted octanol–water partition coefficient (Wildman–Crippen LogP) is 5.96. The summed E-state index contributed by atoms with van der Waals surface area (Å²) >= 11 is 16.0. The van der Waals surface area contributed by atoms with Gasteiger partial charge in [0.15, 0.2) is 0 Å². The molecule has 4 heteroatoms. The van der Waals surface area contributed by atoms with Crippen molar-refractivity contribution in [2.24, 2.45) is 0 Å². The smallest absolute Gasteiger partial charge is 0.0439 e. The van der Waals surface area contributed by atoms with Crippen LogP contribution in [-0.2, 0) is 6.42 Å². The largest absolute Gasteiger partial charge is 0.310 e. The van der Waals surface area contributed by atoms with Crippen molar-refractivity contribution in [2.45, 2.75) is 26.3 Å². The number of hydrogen-bond donors (Lipinski definition) is 1. The molecule has 1 unspecified atom stereocenters. The lowest BCUT2D eigenvalue weighted by atomic mass is 9.95. The Bertz CT molecular complexity index is 628. The van der Waals surface area contributed by atoms with Gasteiger partial charge in [0.2, 0.25) is 0 Å². The summed E-state index contributed by atoms with van der Waals surface area (Å²) in [6, 6.07) is 12.1. The molecule has 0 aliphatic rings. The lowest BCUT2D eigenvalue weighted by Gasteiger charge is -2.22. The van der Waals surface area contributed by atoms with Gasteiger partial charge >= 0.3 is 0 Å². The second kappa shape index (κ2) is 7.64. The Morgan fingerprint density at radius 2 is 1.95 bits per heavy atom. The van der Waals surface area contributed by atoms with E-state index in [1.54, 1.807) is 0 Å². The maximum Gasteiger partial charge on any atom is 0.0439 e. The van der Waals surface area contributed by atoms with E-state index in [0.29, 0.717) is 0 Å². The summed E-state index contributed by atoms with van der Waals surface area (Å²) in [4.78, 5) is 0. The van der Waals surface area contributed by atoms with E-state index in [4.69, 9.17) is 23.2 Å². The molecule has 2 aromatic rings. The normalized spacial score (nSPS) is 12.4. The monoisotopic (exact) mass is 385 g/mol. The molecule has 2 rings (SSSR count). The fourth-order valence-corrected chi connectivity index (χ4v) is 3.23. The lowest BCUT2D eigenvalue weighted by Crippen LogP contribution is -2.24. The first-order chi connectivity index (χ1) is 10.0. The summed E-state index contributed by atoms with van der Waals surface area (Å²) < 4.78 is 1.13. The van der Waals surface area contributed by atoms with Gasteiger partial charge in [0.05, 0.1) is 0 Å². The van der Waals surface area contributed by atoms with Crippen molar-refractivity contribution in [1.29, 1.82) is 0 Å². The molecular formula is C17H18BrCl2N. The van der Waals surface area contributed by atoms with Crippen molar-refractivity contribution in [2.75, 3.05) is 6.54 Å². The highest BCUT2D eigenvalue weighted by Crippen LogP contribution is 2.30. The molecule has 0 aromatic heterocycles. The Morgan fingerprint density at radius 3 is 2.67 bits per heavy atom. The van der Waals surface area contributed by atoms with Crippen LogP contribution in [0.15, 0.2) is 40.9 Å². The van der Waals surface area contributed by atoms with Crippen molar-refractivity contribution in [3.63, 3.8) is 0 Å². The summed E-state index contributed by atoms with van der Waals surface area (Å²) in [5, 5.41) is 5.02. The Morgan fingerprint density at radius 1 is 1.19 bits per heavy atom. The molecule has 1 N–H and O–H groups in total. The van der Waals surface area contributed by atoms with Crippen LogP contribution in [-0.4, -0.2) is 6.54 Å². The van der Waals surface area contributed by atoms with Gasteiger partial charge in [0.1, 0.15) is 0 Å². The summed E-state index contributed by atoms with van der Waals surface area (Å²) in [5.41, 5.74) is 3.60. The van der Waals surface area contributed by atoms with Crippen LogP contribution < -0.4 is 5.32 Å². The van der Waals surface area contributed by atoms with Gasteiger partial charge in [0.25, 0.3) is 0 Å². The lowest BCUT2D eigenvalue weighted by molar-refractivity contribution is 0.547. The first-order valence-electron chi connectivity index (χ1n) is 6.95. The summed E-state index contributed by atoms with van der Waals surface area (Å²) in [6.07, 6.45) is 0.810. The molecule has 2 aromatic carbocycles. The van der Waals surface area contributed by atoms with Crippen LogP contribution in [0.4, 0.5) is 0 Å². The number of rotatable bonds is 5. The van der Waals surface area contributed by atoms with Crippen LogP contribution in [0.1, 0.15) is 29.7 Å². The van der Waals surface area contributed by atoms with Crippen LogP contribution in [0, 0.1) is 6.92 Å². The average Bonchev–Trinajstić information content (AvgIpc) is 2.45. The zero-order valence-electron chi connectivity index (χ0n) is 12.1. The first-order valence-corrected chi connectivity index (χ1v) is 8.50. The van der Waals surface area contributed by atoms with Gasteiger partial charge in [0, 0.05) is 20.6 Å². The molecule has 1 atom stereocenters. The highest BCUT2D eigenvalue weighted by molar-refractivity contribution is 9.10. The molecule has 0 amide bonds.